The Kier molecular flexibility index (Phi) is 4.99. The Morgan fingerprint density at radius 2 is 2.10 bits per heavy atom. The van der Waals surface area contributed by atoms with Gasteiger partial charge >= 0.3 is 0 Å². The molecule has 1 fully saturated rings. The second-order valence-electron chi connectivity index (χ2n) is 5.46. The number of rotatable bonds is 4. The molecule has 0 saturated carbocycles. The monoisotopic (exact) mass is 308 g/mol. The molecule has 2 atom stereocenters. The third kappa shape index (κ3) is 3.43. The van der Waals surface area contributed by atoms with Crippen molar-refractivity contribution in [1.29, 1.82) is 5.26 Å². The van der Waals surface area contributed by atoms with E-state index >= 15 is 0 Å². The Balaban J connectivity index is 2.26. The van der Waals surface area contributed by atoms with Crippen molar-refractivity contribution in [1.82, 2.24) is 4.31 Å². The molecule has 2 rings (SSSR count). The number of sulfonamides is 1. The van der Waals surface area contributed by atoms with E-state index in [1.807, 2.05) is 18.2 Å². The van der Waals surface area contributed by atoms with Crippen molar-refractivity contribution in [2.24, 2.45) is 5.92 Å². The summed E-state index contributed by atoms with van der Waals surface area (Å²) in [5.74, 6) is -0.124. The van der Waals surface area contributed by atoms with Gasteiger partial charge in [0.1, 0.15) is 0 Å². The van der Waals surface area contributed by atoms with E-state index in [9.17, 15) is 8.42 Å². The van der Waals surface area contributed by atoms with E-state index in [0.717, 1.165) is 5.56 Å². The highest BCUT2D eigenvalue weighted by atomic mass is 32.2. The van der Waals surface area contributed by atoms with Crippen molar-refractivity contribution >= 4 is 10.0 Å². The third-order valence-electron chi connectivity index (χ3n) is 3.92. The molecule has 0 bridgehead atoms. The zero-order valence-electron chi connectivity index (χ0n) is 12.3. The van der Waals surface area contributed by atoms with Crippen molar-refractivity contribution in [2.45, 2.75) is 18.1 Å². The van der Waals surface area contributed by atoms with Crippen LogP contribution in [0.1, 0.15) is 17.5 Å². The molecule has 21 heavy (non-hydrogen) atoms. The molecule has 0 spiro atoms. The van der Waals surface area contributed by atoms with Crippen LogP contribution in [-0.2, 0) is 21.2 Å². The van der Waals surface area contributed by atoms with Gasteiger partial charge in [-0.2, -0.15) is 5.26 Å². The van der Waals surface area contributed by atoms with Crippen molar-refractivity contribution in [3.05, 3.63) is 35.4 Å². The van der Waals surface area contributed by atoms with Crippen LogP contribution in [0.3, 0.4) is 0 Å². The summed E-state index contributed by atoms with van der Waals surface area (Å²) in [6.07, 6.45) is 1.04. The summed E-state index contributed by atoms with van der Waals surface area (Å²) in [4.78, 5) is 0. The normalized spacial score (nSPS) is 23.0. The Bertz CT molecular complexity index is 635. The van der Waals surface area contributed by atoms with Crippen molar-refractivity contribution < 1.29 is 13.2 Å². The Morgan fingerprint density at radius 1 is 1.38 bits per heavy atom. The molecule has 0 aromatic heterocycles. The lowest BCUT2D eigenvalue weighted by molar-refractivity contribution is 0.0563. The average molecular weight is 308 g/mol. The van der Waals surface area contributed by atoms with Gasteiger partial charge in [0.2, 0.25) is 10.0 Å². The number of ether oxygens (including phenoxy) is 1. The maximum atomic E-state index is 12.4. The fourth-order valence-corrected chi connectivity index (χ4v) is 4.32. The van der Waals surface area contributed by atoms with Crippen LogP contribution in [0.4, 0.5) is 0 Å². The first-order valence-corrected chi connectivity index (χ1v) is 8.44. The van der Waals surface area contributed by atoms with E-state index in [1.54, 1.807) is 20.2 Å². The molecule has 0 aliphatic carbocycles. The predicted molar refractivity (Wildman–Crippen MR) is 80.2 cm³/mol. The van der Waals surface area contributed by atoms with E-state index in [4.69, 9.17) is 10.00 Å². The van der Waals surface area contributed by atoms with Gasteiger partial charge in [-0.1, -0.05) is 18.2 Å². The molecule has 0 N–H and O–H groups in total. The molecule has 0 unspecified atom stereocenters. The van der Waals surface area contributed by atoms with Gasteiger partial charge in [0.25, 0.3) is 0 Å². The van der Waals surface area contributed by atoms with Crippen LogP contribution in [0.25, 0.3) is 0 Å². The van der Waals surface area contributed by atoms with Gasteiger partial charge in [-0.25, -0.2) is 12.7 Å². The molecule has 1 saturated heterocycles. The Hall–Kier alpha value is -1.42. The minimum Gasteiger partial charge on any atom is -0.381 e. The fourth-order valence-electron chi connectivity index (χ4n) is 2.72. The van der Waals surface area contributed by atoms with Gasteiger partial charge in [0.15, 0.2) is 0 Å². The van der Waals surface area contributed by atoms with Crippen LogP contribution in [0, 0.1) is 17.2 Å². The van der Waals surface area contributed by atoms with Crippen molar-refractivity contribution in [3.8, 4) is 6.07 Å². The van der Waals surface area contributed by atoms with E-state index in [0.29, 0.717) is 31.6 Å². The maximum absolute atomic E-state index is 12.4. The van der Waals surface area contributed by atoms with Crippen molar-refractivity contribution in [3.63, 3.8) is 0 Å². The van der Waals surface area contributed by atoms with Crippen LogP contribution in [-0.4, -0.2) is 45.3 Å². The zero-order chi connectivity index (χ0) is 15.5. The average Bonchev–Trinajstić information content (AvgIpc) is 2.48. The Morgan fingerprint density at radius 3 is 2.76 bits per heavy atom. The quantitative estimate of drug-likeness (QED) is 0.843. The second kappa shape index (κ2) is 6.56. The summed E-state index contributed by atoms with van der Waals surface area (Å²) in [5, 5.41) is 8.70. The summed E-state index contributed by atoms with van der Waals surface area (Å²) in [6, 6.07) is 9.48. The number of hydrogen-bond donors (Lipinski definition) is 0. The van der Waals surface area contributed by atoms with Crippen LogP contribution < -0.4 is 0 Å². The molecule has 1 heterocycles. The second-order valence-corrected chi connectivity index (χ2v) is 7.83. The summed E-state index contributed by atoms with van der Waals surface area (Å²) in [5.41, 5.74) is 1.48. The van der Waals surface area contributed by atoms with Crippen molar-refractivity contribution in [2.75, 3.05) is 27.3 Å². The lowest BCUT2D eigenvalue weighted by Gasteiger charge is -2.33. The first kappa shape index (κ1) is 16.0. The standard InChI is InChI=1S/C15H20N2O3S/c1-17(2)21(18,19)15-7-8-20-11-14(15)9-12-5-3-4-6-13(12)10-16/h3-6,14-15H,7-9,11H2,1-2H3/t14-,15-/m1/s1. The fraction of sp³-hybridized carbons (Fsp3) is 0.533. The summed E-state index contributed by atoms with van der Waals surface area (Å²) in [6.45, 7) is 0.881. The highest BCUT2D eigenvalue weighted by Crippen LogP contribution is 2.27. The molecule has 1 aliphatic rings. The lowest BCUT2D eigenvalue weighted by atomic mass is 9.91. The third-order valence-corrected chi connectivity index (χ3v) is 6.32. The number of nitrogens with zero attached hydrogens (tertiary/aromatic N) is 2. The number of nitriles is 1. The van der Waals surface area contributed by atoms with Crippen LogP contribution in [0.15, 0.2) is 24.3 Å². The van der Waals surface area contributed by atoms with Gasteiger partial charge in [0.05, 0.1) is 23.5 Å². The maximum Gasteiger partial charge on any atom is 0.216 e. The van der Waals surface area contributed by atoms with E-state index in [2.05, 4.69) is 6.07 Å². The van der Waals surface area contributed by atoms with Crippen LogP contribution in [0.2, 0.25) is 0 Å². The molecule has 0 amide bonds. The zero-order valence-corrected chi connectivity index (χ0v) is 13.1. The number of hydrogen-bond acceptors (Lipinski definition) is 4. The van der Waals surface area contributed by atoms with Gasteiger partial charge in [-0.15, -0.1) is 0 Å². The molecule has 1 aromatic carbocycles. The van der Waals surface area contributed by atoms with Crippen LogP contribution in [0.5, 0.6) is 0 Å². The molecule has 6 heteroatoms. The van der Waals surface area contributed by atoms with Gasteiger partial charge in [-0.05, 0) is 24.5 Å². The predicted octanol–water partition coefficient (Wildman–Crippen LogP) is 1.40. The lowest BCUT2D eigenvalue weighted by Crippen LogP contribution is -2.44. The number of benzene rings is 1. The highest BCUT2D eigenvalue weighted by Gasteiger charge is 2.37. The molecular formula is C15H20N2O3S. The first-order chi connectivity index (χ1) is 9.96. The molecule has 5 nitrogen and oxygen atoms in total. The SMILES string of the molecule is CN(C)S(=O)(=O)[C@@H]1CCOC[C@H]1Cc1ccccc1C#N. The minimum absolute atomic E-state index is 0.124. The Labute approximate surface area is 126 Å². The van der Waals surface area contributed by atoms with Gasteiger partial charge in [-0.3, -0.25) is 0 Å². The van der Waals surface area contributed by atoms with Gasteiger partial charge < -0.3 is 4.74 Å². The topological polar surface area (TPSA) is 70.4 Å². The summed E-state index contributed by atoms with van der Waals surface area (Å²) in [7, 11) is -0.197. The van der Waals surface area contributed by atoms with E-state index < -0.39 is 15.3 Å². The molecule has 1 aromatic rings. The molecule has 114 valence electrons. The smallest absolute Gasteiger partial charge is 0.216 e. The molecule has 0 radical (unpaired) electrons. The highest BCUT2D eigenvalue weighted by molar-refractivity contribution is 7.89. The van der Waals surface area contributed by atoms with Crippen LogP contribution >= 0.6 is 0 Å². The molecular weight excluding hydrogens is 288 g/mol. The van der Waals surface area contributed by atoms with E-state index in [-0.39, 0.29) is 5.92 Å². The van der Waals surface area contributed by atoms with Gasteiger partial charge in [0, 0.05) is 26.6 Å². The minimum atomic E-state index is -3.32. The summed E-state index contributed by atoms with van der Waals surface area (Å²) < 4.78 is 31.6. The molecule has 1 aliphatic heterocycles. The largest absolute Gasteiger partial charge is 0.381 e. The summed E-state index contributed by atoms with van der Waals surface area (Å²) >= 11 is 0. The first-order valence-electron chi connectivity index (χ1n) is 6.94. The van der Waals surface area contributed by atoms with E-state index in [1.165, 1.54) is 4.31 Å².